The van der Waals surface area contributed by atoms with E-state index in [1.165, 1.54) is 24.0 Å². The SMILES string of the molecule is c1ccc(-c2cnc(Nc3cc(CC4CCNCC4)ccn3)s2)cc1. The Balaban J connectivity index is 1.44. The second-order valence-corrected chi connectivity index (χ2v) is 7.50. The number of thiazole rings is 1. The van der Waals surface area contributed by atoms with Crippen LogP contribution >= 0.6 is 11.3 Å². The van der Waals surface area contributed by atoms with E-state index < -0.39 is 0 Å². The molecule has 1 aliphatic heterocycles. The van der Waals surface area contributed by atoms with Crippen LogP contribution < -0.4 is 10.6 Å². The van der Waals surface area contributed by atoms with Crippen LogP contribution in [0.2, 0.25) is 0 Å². The van der Waals surface area contributed by atoms with Gasteiger partial charge in [-0.3, -0.25) is 0 Å². The van der Waals surface area contributed by atoms with Crippen LogP contribution in [0.25, 0.3) is 10.4 Å². The van der Waals surface area contributed by atoms with Gasteiger partial charge in [-0.05, 0) is 61.5 Å². The predicted octanol–water partition coefficient (Wildman–Crippen LogP) is 4.49. The van der Waals surface area contributed by atoms with Crippen molar-refractivity contribution in [3.05, 3.63) is 60.4 Å². The van der Waals surface area contributed by atoms with Crippen molar-refractivity contribution in [2.75, 3.05) is 18.4 Å². The van der Waals surface area contributed by atoms with Crippen molar-refractivity contribution < 1.29 is 0 Å². The molecule has 0 unspecified atom stereocenters. The molecule has 1 fully saturated rings. The maximum Gasteiger partial charge on any atom is 0.188 e. The molecule has 4 nitrogen and oxygen atoms in total. The van der Waals surface area contributed by atoms with Crippen molar-refractivity contribution in [2.45, 2.75) is 19.3 Å². The number of hydrogen-bond acceptors (Lipinski definition) is 5. The molecule has 5 heteroatoms. The van der Waals surface area contributed by atoms with Gasteiger partial charge in [-0.25, -0.2) is 9.97 Å². The molecule has 0 saturated carbocycles. The first-order valence-electron chi connectivity index (χ1n) is 8.81. The van der Waals surface area contributed by atoms with Gasteiger partial charge in [-0.1, -0.05) is 41.7 Å². The van der Waals surface area contributed by atoms with Gasteiger partial charge in [0.15, 0.2) is 5.13 Å². The Morgan fingerprint density at radius 3 is 2.76 bits per heavy atom. The van der Waals surface area contributed by atoms with E-state index in [2.05, 4.69) is 44.9 Å². The molecule has 0 atom stereocenters. The highest BCUT2D eigenvalue weighted by molar-refractivity contribution is 7.18. The molecule has 2 aromatic heterocycles. The average Bonchev–Trinajstić information content (AvgIpc) is 3.12. The van der Waals surface area contributed by atoms with Crippen molar-refractivity contribution in [3.8, 4) is 10.4 Å². The Bertz CT molecular complexity index is 809. The summed E-state index contributed by atoms with van der Waals surface area (Å²) in [6, 6.07) is 14.6. The molecule has 3 aromatic rings. The number of anilines is 2. The Morgan fingerprint density at radius 2 is 1.92 bits per heavy atom. The molecule has 0 amide bonds. The van der Waals surface area contributed by atoms with E-state index in [1.807, 2.05) is 30.6 Å². The topological polar surface area (TPSA) is 49.8 Å². The maximum absolute atomic E-state index is 4.49. The molecule has 1 saturated heterocycles. The van der Waals surface area contributed by atoms with Crippen LogP contribution in [0.5, 0.6) is 0 Å². The van der Waals surface area contributed by atoms with E-state index >= 15 is 0 Å². The zero-order valence-electron chi connectivity index (χ0n) is 14.1. The summed E-state index contributed by atoms with van der Waals surface area (Å²) in [5, 5.41) is 7.66. The molecule has 2 N–H and O–H groups in total. The largest absolute Gasteiger partial charge is 0.317 e. The highest BCUT2D eigenvalue weighted by atomic mass is 32.1. The Labute approximate surface area is 152 Å². The number of benzene rings is 1. The van der Waals surface area contributed by atoms with E-state index in [-0.39, 0.29) is 0 Å². The molecule has 1 aliphatic rings. The lowest BCUT2D eigenvalue weighted by atomic mass is 9.91. The lowest BCUT2D eigenvalue weighted by molar-refractivity contribution is 0.372. The van der Waals surface area contributed by atoms with Crippen molar-refractivity contribution in [1.82, 2.24) is 15.3 Å². The second-order valence-electron chi connectivity index (χ2n) is 6.47. The molecule has 3 heterocycles. The predicted molar refractivity (Wildman–Crippen MR) is 104 cm³/mol. The van der Waals surface area contributed by atoms with Crippen molar-refractivity contribution in [1.29, 1.82) is 0 Å². The molecule has 25 heavy (non-hydrogen) atoms. The van der Waals surface area contributed by atoms with Crippen LogP contribution in [0.4, 0.5) is 10.9 Å². The first-order chi connectivity index (χ1) is 12.4. The zero-order chi connectivity index (χ0) is 16.9. The van der Waals surface area contributed by atoms with Gasteiger partial charge in [0.1, 0.15) is 5.82 Å². The molecule has 0 bridgehead atoms. The fourth-order valence-electron chi connectivity index (χ4n) is 3.27. The molecule has 4 rings (SSSR count). The fourth-order valence-corrected chi connectivity index (χ4v) is 4.09. The summed E-state index contributed by atoms with van der Waals surface area (Å²) in [5.41, 5.74) is 2.55. The van der Waals surface area contributed by atoms with Crippen LogP contribution in [0.15, 0.2) is 54.9 Å². The monoisotopic (exact) mass is 350 g/mol. The third-order valence-corrected chi connectivity index (χ3v) is 5.57. The highest BCUT2D eigenvalue weighted by Crippen LogP contribution is 2.30. The van der Waals surface area contributed by atoms with E-state index in [4.69, 9.17) is 0 Å². The maximum atomic E-state index is 4.49. The van der Waals surface area contributed by atoms with Crippen LogP contribution in [0.1, 0.15) is 18.4 Å². The minimum Gasteiger partial charge on any atom is -0.317 e. The summed E-state index contributed by atoms with van der Waals surface area (Å²) in [6.45, 7) is 2.28. The van der Waals surface area contributed by atoms with Gasteiger partial charge >= 0.3 is 0 Å². The highest BCUT2D eigenvalue weighted by Gasteiger charge is 2.14. The molecule has 128 valence electrons. The lowest BCUT2D eigenvalue weighted by Crippen LogP contribution is -2.28. The van der Waals surface area contributed by atoms with Crippen molar-refractivity contribution >= 4 is 22.3 Å². The molecular weight excluding hydrogens is 328 g/mol. The first-order valence-corrected chi connectivity index (χ1v) is 9.62. The van der Waals surface area contributed by atoms with E-state index in [9.17, 15) is 0 Å². The lowest BCUT2D eigenvalue weighted by Gasteiger charge is -2.22. The summed E-state index contributed by atoms with van der Waals surface area (Å²) in [7, 11) is 0. The van der Waals surface area contributed by atoms with Gasteiger partial charge in [0.25, 0.3) is 0 Å². The molecule has 1 aromatic carbocycles. The number of nitrogens with one attached hydrogen (secondary N) is 2. The normalized spacial score (nSPS) is 15.2. The number of nitrogens with zero attached hydrogens (tertiary/aromatic N) is 2. The van der Waals surface area contributed by atoms with Gasteiger partial charge in [0.05, 0.1) is 4.88 Å². The molecule has 0 aliphatic carbocycles. The van der Waals surface area contributed by atoms with Crippen LogP contribution in [-0.4, -0.2) is 23.1 Å². The van der Waals surface area contributed by atoms with Crippen LogP contribution in [0.3, 0.4) is 0 Å². The summed E-state index contributed by atoms with van der Waals surface area (Å²) in [4.78, 5) is 10.1. The fraction of sp³-hybridized carbons (Fsp3) is 0.300. The first kappa shape index (κ1) is 16.2. The number of pyridine rings is 1. The minimum absolute atomic E-state index is 0.779. The van der Waals surface area contributed by atoms with Gasteiger partial charge in [0, 0.05) is 12.4 Å². The molecule has 0 radical (unpaired) electrons. The summed E-state index contributed by atoms with van der Waals surface area (Å²) >= 11 is 1.65. The smallest absolute Gasteiger partial charge is 0.188 e. The minimum atomic E-state index is 0.779. The quantitative estimate of drug-likeness (QED) is 0.712. The standard InChI is InChI=1S/C20H22N4S/c1-2-4-17(5-3-1)18-14-23-20(25-18)24-19-13-16(8-11-22-19)12-15-6-9-21-10-7-15/h1-5,8,11,13-15,21H,6-7,9-10,12H2,(H,22,23,24). The third-order valence-electron chi connectivity index (χ3n) is 4.61. The molecule has 0 spiro atoms. The Morgan fingerprint density at radius 1 is 1.08 bits per heavy atom. The van der Waals surface area contributed by atoms with Crippen molar-refractivity contribution in [2.24, 2.45) is 5.92 Å². The second kappa shape index (κ2) is 7.76. The number of aromatic nitrogens is 2. The van der Waals surface area contributed by atoms with E-state index in [1.54, 1.807) is 11.3 Å². The summed E-state index contributed by atoms with van der Waals surface area (Å²) in [6.07, 6.45) is 7.47. The zero-order valence-corrected chi connectivity index (χ0v) is 14.9. The average molecular weight is 350 g/mol. The van der Waals surface area contributed by atoms with Gasteiger partial charge in [-0.15, -0.1) is 0 Å². The van der Waals surface area contributed by atoms with Gasteiger partial charge in [0.2, 0.25) is 0 Å². The summed E-state index contributed by atoms with van der Waals surface area (Å²) < 4.78 is 0. The van der Waals surface area contributed by atoms with Crippen molar-refractivity contribution in [3.63, 3.8) is 0 Å². The number of hydrogen-bond donors (Lipinski definition) is 2. The van der Waals surface area contributed by atoms with Crippen LogP contribution in [0, 0.1) is 5.92 Å². The number of piperidine rings is 1. The van der Waals surface area contributed by atoms with E-state index in [0.29, 0.717) is 0 Å². The molecular formula is C20H22N4S. The van der Waals surface area contributed by atoms with Crippen LogP contribution in [-0.2, 0) is 6.42 Å². The van der Waals surface area contributed by atoms with Gasteiger partial charge < -0.3 is 10.6 Å². The number of rotatable bonds is 5. The third kappa shape index (κ3) is 4.24. The summed E-state index contributed by atoms with van der Waals surface area (Å²) in [5.74, 6) is 1.65. The Kier molecular flexibility index (Phi) is 5.04. The Hall–Kier alpha value is -2.24. The van der Waals surface area contributed by atoms with E-state index in [0.717, 1.165) is 41.3 Å². The van der Waals surface area contributed by atoms with Gasteiger partial charge in [-0.2, -0.15) is 0 Å².